The van der Waals surface area contributed by atoms with Crippen molar-refractivity contribution < 1.29 is 0 Å². The molecule has 0 aliphatic heterocycles. The topological polar surface area (TPSA) is 0 Å². The zero-order chi connectivity index (χ0) is 8.27. The van der Waals surface area contributed by atoms with Crippen molar-refractivity contribution in [2.45, 2.75) is 13.3 Å². The largest absolute Gasteiger partial charge is 0.154 e. The van der Waals surface area contributed by atoms with Gasteiger partial charge in [0.05, 0.1) is 0 Å². The van der Waals surface area contributed by atoms with Crippen LogP contribution in [0.1, 0.15) is 18.1 Å². The van der Waals surface area contributed by atoms with E-state index in [0.717, 1.165) is 16.6 Å². The van der Waals surface area contributed by atoms with Gasteiger partial charge in [-0.3, -0.25) is 0 Å². The highest BCUT2D eigenvalue weighted by Crippen LogP contribution is 2.25. The minimum atomic E-state index is 0.794. The van der Waals surface area contributed by atoms with Crippen molar-refractivity contribution in [2.24, 2.45) is 0 Å². The summed E-state index contributed by atoms with van der Waals surface area (Å²) in [6.45, 7) is 2.13. The maximum atomic E-state index is 4.19. The summed E-state index contributed by atoms with van der Waals surface area (Å²) in [5.41, 5.74) is 2.44. The van der Waals surface area contributed by atoms with E-state index in [1.165, 1.54) is 5.56 Å². The first-order valence-electron chi connectivity index (χ1n) is 3.59. The Labute approximate surface area is 78.8 Å². The van der Waals surface area contributed by atoms with Crippen LogP contribution in [0, 0.1) is 4.58 Å². The molecule has 1 radical (unpaired) electrons. The van der Waals surface area contributed by atoms with Crippen LogP contribution < -0.4 is 0 Å². The lowest BCUT2D eigenvalue weighted by atomic mass is 10.1. The molecule has 0 nitrogen and oxygen atoms in total. The van der Waals surface area contributed by atoms with E-state index in [-0.39, 0.29) is 0 Å². The highest BCUT2D eigenvalue weighted by molar-refractivity contribution is 8.03. The van der Waals surface area contributed by atoms with Crippen LogP contribution >= 0.6 is 25.3 Å². The van der Waals surface area contributed by atoms with Gasteiger partial charge in [0.15, 0.2) is 0 Å². The van der Waals surface area contributed by atoms with Crippen molar-refractivity contribution in [3.63, 3.8) is 0 Å². The van der Waals surface area contributed by atoms with Crippen molar-refractivity contribution in [1.82, 2.24) is 0 Å². The van der Waals surface area contributed by atoms with Gasteiger partial charge in [0.1, 0.15) is 4.58 Å². The van der Waals surface area contributed by atoms with Crippen molar-refractivity contribution in [2.75, 3.05) is 0 Å². The van der Waals surface area contributed by atoms with Crippen LogP contribution in [0.3, 0.4) is 0 Å². The summed E-state index contributed by atoms with van der Waals surface area (Å²) in [7, 11) is 0. The molecule has 0 amide bonds. The zero-order valence-corrected chi connectivity index (χ0v) is 8.20. The summed E-state index contributed by atoms with van der Waals surface area (Å²) < 4.78 is 0.794. The van der Waals surface area contributed by atoms with Gasteiger partial charge < -0.3 is 0 Å². The maximum Gasteiger partial charge on any atom is 0.108 e. The fourth-order valence-electron chi connectivity index (χ4n) is 1.05. The van der Waals surface area contributed by atoms with E-state index in [9.17, 15) is 0 Å². The first-order valence-corrected chi connectivity index (χ1v) is 4.48. The summed E-state index contributed by atoms with van der Waals surface area (Å²) in [4.78, 5) is 0. The van der Waals surface area contributed by atoms with Gasteiger partial charge in [-0.15, -0.1) is 0 Å². The second kappa shape index (κ2) is 4.07. The fraction of sp³-hybridized carbons (Fsp3) is 0.222. The minimum absolute atomic E-state index is 0.794. The number of hydrogen-bond donors (Lipinski definition) is 2. The van der Waals surface area contributed by atoms with Gasteiger partial charge in [0.2, 0.25) is 0 Å². The summed E-state index contributed by atoms with van der Waals surface area (Å²) in [6, 6.07) is 8.17. The summed E-state index contributed by atoms with van der Waals surface area (Å²) >= 11 is 8.38. The molecule has 0 spiro atoms. The normalized spacial score (nSPS) is 10.5. The van der Waals surface area contributed by atoms with Crippen LogP contribution in [0.2, 0.25) is 0 Å². The molecule has 59 valence electrons. The van der Waals surface area contributed by atoms with Crippen LogP contribution in [0.5, 0.6) is 0 Å². The van der Waals surface area contributed by atoms with Crippen LogP contribution in [0.15, 0.2) is 24.3 Å². The number of aryl methyl sites for hydroxylation is 1. The average Bonchev–Trinajstić information content (AvgIpc) is 2.04. The summed E-state index contributed by atoms with van der Waals surface area (Å²) in [5, 5.41) is 0. The standard InChI is InChI=1S/C9H11S2/c1-2-7-5-3-4-6-8(7)9(10)11/h3-6,10-11H,2H2,1H3. The Hall–Kier alpha value is -0.0800. The lowest BCUT2D eigenvalue weighted by molar-refractivity contribution is 1.12. The highest BCUT2D eigenvalue weighted by atomic mass is 32.2. The zero-order valence-electron chi connectivity index (χ0n) is 6.41. The quantitative estimate of drug-likeness (QED) is 0.647. The molecule has 0 N–H and O–H groups in total. The molecule has 1 rings (SSSR count). The van der Waals surface area contributed by atoms with Gasteiger partial charge in [-0.25, -0.2) is 0 Å². The molecule has 0 fully saturated rings. The minimum Gasteiger partial charge on any atom is -0.154 e. The van der Waals surface area contributed by atoms with Gasteiger partial charge in [-0.05, 0) is 17.5 Å². The monoisotopic (exact) mass is 183 g/mol. The van der Waals surface area contributed by atoms with Gasteiger partial charge in [-0.1, -0.05) is 31.2 Å². The lowest BCUT2D eigenvalue weighted by Gasteiger charge is -2.07. The number of benzene rings is 1. The Balaban J connectivity index is 3.02. The molecular formula is C9H11S2. The van der Waals surface area contributed by atoms with Crippen molar-refractivity contribution in [3.8, 4) is 0 Å². The molecule has 0 aliphatic carbocycles. The van der Waals surface area contributed by atoms with E-state index in [2.05, 4.69) is 38.2 Å². The van der Waals surface area contributed by atoms with E-state index < -0.39 is 0 Å². The third kappa shape index (κ3) is 2.17. The Morgan fingerprint density at radius 3 is 2.36 bits per heavy atom. The average molecular weight is 183 g/mol. The third-order valence-electron chi connectivity index (χ3n) is 1.64. The molecule has 0 bridgehead atoms. The van der Waals surface area contributed by atoms with E-state index in [0.29, 0.717) is 0 Å². The number of rotatable bonds is 2. The van der Waals surface area contributed by atoms with Crippen LogP contribution in [0.25, 0.3) is 0 Å². The van der Waals surface area contributed by atoms with Gasteiger partial charge in [0, 0.05) is 0 Å². The number of hydrogen-bond acceptors (Lipinski definition) is 2. The van der Waals surface area contributed by atoms with Gasteiger partial charge in [0.25, 0.3) is 0 Å². The maximum absolute atomic E-state index is 4.19. The van der Waals surface area contributed by atoms with Gasteiger partial charge >= 0.3 is 0 Å². The molecule has 11 heavy (non-hydrogen) atoms. The lowest BCUT2D eigenvalue weighted by Crippen LogP contribution is -1.90. The predicted molar refractivity (Wildman–Crippen MR) is 56.1 cm³/mol. The van der Waals surface area contributed by atoms with Gasteiger partial charge in [-0.2, -0.15) is 25.3 Å². The van der Waals surface area contributed by atoms with Crippen LogP contribution in [-0.2, 0) is 6.42 Å². The molecule has 0 aliphatic rings. The summed E-state index contributed by atoms with van der Waals surface area (Å²) in [5.74, 6) is 0. The van der Waals surface area contributed by atoms with Crippen LogP contribution in [-0.4, -0.2) is 0 Å². The van der Waals surface area contributed by atoms with E-state index >= 15 is 0 Å². The van der Waals surface area contributed by atoms with E-state index in [1.807, 2.05) is 18.2 Å². The molecule has 0 aromatic heterocycles. The predicted octanol–water partition coefficient (Wildman–Crippen LogP) is 2.95. The molecule has 1 aromatic rings. The third-order valence-corrected chi connectivity index (χ3v) is 2.12. The molecule has 2 heteroatoms. The first kappa shape index (κ1) is 9.01. The molecule has 1 aromatic carbocycles. The van der Waals surface area contributed by atoms with Crippen LogP contribution in [0.4, 0.5) is 0 Å². The second-order valence-corrected chi connectivity index (χ2v) is 3.58. The Kier molecular flexibility index (Phi) is 3.34. The second-order valence-electron chi connectivity index (χ2n) is 2.33. The van der Waals surface area contributed by atoms with E-state index in [1.54, 1.807) is 0 Å². The highest BCUT2D eigenvalue weighted by Gasteiger charge is 2.04. The Morgan fingerprint density at radius 1 is 1.27 bits per heavy atom. The Morgan fingerprint density at radius 2 is 1.91 bits per heavy atom. The molecule has 0 saturated heterocycles. The first-order chi connectivity index (χ1) is 5.25. The number of thiol groups is 2. The molecule has 0 heterocycles. The fourth-order valence-corrected chi connectivity index (χ4v) is 1.48. The van der Waals surface area contributed by atoms with Crippen molar-refractivity contribution >= 4 is 25.3 Å². The van der Waals surface area contributed by atoms with E-state index in [4.69, 9.17) is 0 Å². The van der Waals surface area contributed by atoms with Crippen molar-refractivity contribution in [1.29, 1.82) is 0 Å². The molecule has 0 unspecified atom stereocenters. The Bertz CT molecular complexity index is 231. The van der Waals surface area contributed by atoms with Crippen molar-refractivity contribution in [3.05, 3.63) is 40.0 Å². The SMILES string of the molecule is CCc1ccccc1[C](S)S. The molecular weight excluding hydrogens is 172 g/mol. The molecule has 0 saturated carbocycles. The summed E-state index contributed by atoms with van der Waals surface area (Å²) in [6.07, 6.45) is 1.03. The molecule has 0 atom stereocenters. The smallest absolute Gasteiger partial charge is 0.108 e.